The lowest BCUT2D eigenvalue weighted by molar-refractivity contribution is 0.102. The van der Waals surface area contributed by atoms with Crippen LogP contribution < -0.4 is 5.32 Å². The number of anilines is 1. The van der Waals surface area contributed by atoms with E-state index >= 15 is 0 Å². The summed E-state index contributed by atoms with van der Waals surface area (Å²) in [7, 11) is 1.72. The summed E-state index contributed by atoms with van der Waals surface area (Å²) in [5.41, 5.74) is 0.590. The number of hydrogen-bond acceptors (Lipinski definition) is 3. The highest BCUT2D eigenvalue weighted by Gasteiger charge is 2.20. The van der Waals surface area contributed by atoms with Crippen molar-refractivity contribution in [3.8, 4) is 0 Å². The number of rotatable bonds is 4. The molecule has 0 radical (unpaired) electrons. The second kappa shape index (κ2) is 6.29. The average molecular weight is 347 g/mol. The fourth-order valence-corrected chi connectivity index (χ4v) is 2.45. The van der Waals surface area contributed by atoms with Gasteiger partial charge < -0.3 is 10.3 Å². The molecule has 0 saturated carbocycles. The SMILES string of the molecule is Cn1cc(NC(=O)c2cc(C(=O)c3c(F)cccc3Cl)c[nH]2)cn1. The lowest BCUT2D eigenvalue weighted by Gasteiger charge is -2.03. The summed E-state index contributed by atoms with van der Waals surface area (Å²) in [6.45, 7) is 0. The van der Waals surface area contributed by atoms with E-state index in [1.165, 1.54) is 30.6 Å². The van der Waals surface area contributed by atoms with Crippen LogP contribution >= 0.6 is 11.6 Å². The van der Waals surface area contributed by atoms with Crippen LogP contribution in [-0.2, 0) is 7.05 Å². The van der Waals surface area contributed by atoms with Crippen LogP contribution in [0.1, 0.15) is 26.4 Å². The first-order valence-electron chi connectivity index (χ1n) is 6.93. The van der Waals surface area contributed by atoms with Gasteiger partial charge in [-0.05, 0) is 18.2 Å². The molecule has 6 nitrogen and oxygen atoms in total. The van der Waals surface area contributed by atoms with Gasteiger partial charge in [-0.3, -0.25) is 14.3 Å². The number of hydrogen-bond donors (Lipinski definition) is 2. The van der Waals surface area contributed by atoms with Gasteiger partial charge in [0.25, 0.3) is 5.91 Å². The highest BCUT2D eigenvalue weighted by atomic mass is 35.5. The van der Waals surface area contributed by atoms with E-state index in [0.29, 0.717) is 5.69 Å². The first-order chi connectivity index (χ1) is 11.5. The summed E-state index contributed by atoms with van der Waals surface area (Å²) >= 11 is 5.89. The van der Waals surface area contributed by atoms with E-state index in [0.717, 1.165) is 6.07 Å². The van der Waals surface area contributed by atoms with Gasteiger partial charge in [0.15, 0.2) is 5.78 Å². The van der Waals surface area contributed by atoms with Crippen molar-refractivity contribution in [3.05, 3.63) is 70.5 Å². The highest BCUT2D eigenvalue weighted by Crippen LogP contribution is 2.23. The largest absolute Gasteiger partial charge is 0.356 e. The molecule has 0 aliphatic carbocycles. The van der Waals surface area contributed by atoms with Crippen LogP contribution in [0.4, 0.5) is 10.1 Å². The van der Waals surface area contributed by atoms with Gasteiger partial charge in [0.05, 0.1) is 22.5 Å². The first kappa shape index (κ1) is 15.9. The Morgan fingerprint density at radius 1 is 1.38 bits per heavy atom. The van der Waals surface area contributed by atoms with Crippen molar-refractivity contribution >= 4 is 29.0 Å². The lowest BCUT2D eigenvalue weighted by Crippen LogP contribution is -2.11. The van der Waals surface area contributed by atoms with Crippen LogP contribution in [0.25, 0.3) is 0 Å². The Labute approximate surface area is 141 Å². The number of carbonyl (C=O) groups excluding carboxylic acids is 2. The smallest absolute Gasteiger partial charge is 0.272 e. The zero-order valence-electron chi connectivity index (χ0n) is 12.5. The Morgan fingerprint density at radius 3 is 2.83 bits per heavy atom. The number of benzene rings is 1. The Morgan fingerprint density at radius 2 is 2.17 bits per heavy atom. The predicted octanol–water partition coefficient (Wildman–Crippen LogP) is 3.02. The van der Waals surface area contributed by atoms with E-state index in [9.17, 15) is 14.0 Å². The van der Waals surface area contributed by atoms with Gasteiger partial charge in [-0.2, -0.15) is 5.10 Å². The summed E-state index contributed by atoms with van der Waals surface area (Å²) in [6, 6.07) is 5.34. The molecule has 0 spiro atoms. The van der Waals surface area contributed by atoms with Crippen LogP contribution in [0, 0.1) is 5.82 Å². The molecule has 2 N–H and O–H groups in total. The number of nitrogens with one attached hydrogen (secondary N) is 2. The molecule has 0 saturated heterocycles. The Bertz CT molecular complexity index is 912. The number of carbonyl (C=O) groups is 2. The molecular formula is C16H12ClFN4O2. The molecular weight excluding hydrogens is 335 g/mol. The predicted molar refractivity (Wildman–Crippen MR) is 86.8 cm³/mol. The molecule has 1 aromatic carbocycles. The maximum absolute atomic E-state index is 13.8. The van der Waals surface area contributed by atoms with Crippen LogP contribution in [0.3, 0.4) is 0 Å². The Kier molecular flexibility index (Phi) is 4.18. The van der Waals surface area contributed by atoms with E-state index in [-0.39, 0.29) is 21.8 Å². The van der Waals surface area contributed by atoms with Gasteiger partial charge in [-0.1, -0.05) is 17.7 Å². The van der Waals surface area contributed by atoms with E-state index in [2.05, 4.69) is 15.4 Å². The minimum atomic E-state index is -0.713. The molecule has 122 valence electrons. The van der Waals surface area contributed by atoms with Gasteiger partial charge in [0.2, 0.25) is 0 Å². The van der Waals surface area contributed by atoms with Crippen molar-refractivity contribution in [2.24, 2.45) is 7.05 Å². The third-order valence-electron chi connectivity index (χ3n) is 3.34. The number of ketones is 1. The molecule has 0 unspecified atom stereocenters. The number of H-pyrrole nitrogens is 1. The molecule has 3 rings (SSSR count). The second-order valence-corrected chi connectivity index (χ2v) is 5.49. The quantitative estimate of drug-likeness (QED) is 0.713. The van der Waals surface area contributed by atoms with E-state index < -0.39 is 17.5 Å². The van der Waals surface area contributed by atoms with Crippen LogP contribution in [0.15, 0.2) is 42.9 Å². The third kappa shape index (κ3) is 3.07. The molecule has 2 aromatic heterocycles. The third-order valence-corrected chi connectivity index (χ3v) is 3.66. The molecule has 24 heavy (non-hydrogen) atoms. The zero-order chi connectivity index (χ0) is 17.3. The molecule has 0 bridgehead atoms. The topological polar surface area (TPSA) is 79.8 Å². The van der Waals surface area contributed by atoms with Gasteiger partial charge in [0, 0.05) is 25.0 Å². The average Bonchev–Trinajstić information content (AvgIpc) is 3.16. The maximum atomic E-state index is 13.8. The minimum absolute atomic E-state index is 0.0163. The summed E-state index contributed by atoms with van der Waals surface area (Å²) in [6.07, 6.45) is 4.46. The highest BCUT2D eigenvalue weighted by molar-refractivity contribution is 6.35. The van der Waals surface area contributed by atoms with Gasteiger partial charge in [0.1, 0.15) is 11.5 Å². The summed E-state index contributed by atoms with van der Waals surface area (Å²) < 4.78 is 15.4. The molecule has 2 heterocycles. The Hall–Kier alpha value is -2.93. The van der Waals surface area contributed by atoms with Crippen molar-refractivity contribution < 1.29 is 14.0 Å². The fraction of sp³-hybridized carbons (Fsp3) is 0.0625. The van der Waals surface area contributed by atoms with Crippen LogP contribution in [-0.4, -0.2) is 26.5 Å². The number of aromatic nitrogens is 3. The molecule has 0 aliphatic rings. The van der Waals surface area contributed by atoms with Gasteiger partial charge >= 0.3 is 0 Å². The standard InChI is InChI=1S/C16H12ClFN4O2/c1-22-8-10(7-20-22)21-16(24)13-5-9(6-19-13)15(23)14-11(17)3-2-4-12(14)18/h2-8,19H,1H3,(H,21,24). The molecule has 0 aliphatic heterocycles. The molecule has 1 amide bonds. The van der Waals surface area contributed by atoms with E-state index in [1.807, 2.05) is 0 Å². The Balaban J connectivity index is 1.82. The second-order valence-electron chi connectivity index (χ2n) is 5.08. The molecule has 8 heteroatoms. The molecule has 0 fully saturated rings. The monoisotopic (exact) mass is 346 g/mol. The van der Waals surface area contributed by atoms with Crippen LogP contribution in [0.5, 0.6) is 0 Å². The number of amides is 1. The van der Waals surface area contributed by atoms with Crippen molar-refractivity contribution in [2.45, 2.75) is 0 Å². The van der Waals surface area contributed by atoms with Gasteiger partial charge in [-0.15, -0.1) is 0 Å². The van der Waals surface area contributed by atoms with E-state index in [4.69, 9.17) is 11.6 Å². The molecule has 3 aromatic rings. The fourth-order valence-electron chi connectivity index (χ4n) is 2.20. The first-order valence-corrected chi connectivity index (χ1v) is 7.30. The number of nitrogens with zero attached hydrogens (tertiary/aromatic N) is 2. The van der Waals surface area contributed by atoms with E-state index in [1.54, 1.807) is 17.9 Å². The minimum Gasteiger partial charge on any atom is -0.356 e. The molecule has 0 atom stereocenters. The lowest BCUT2D eigenvalue weighted by atomic mass is 10.1. The number of aryl methyl sites for hydroxylation is 1. The van der Waals surface area contributed by atoms with Crippen molar-refractivity contribution in [1.29, 1.82) is 0 Å². The number of aromatic amines is 1. The summed E-state index contributed by atoms with van der Waals surface area (Å²) in [4.78, 5) is 27.2. The van der Waals surface area contributed by atoms with Crippen LogP contribution in [0.2, 0.25) is 5.02 Å². The van der Waals surface area contributed by atoms with Crippen molar-refractivity contribution in [2.75, 3.05) is 5.32 Å². The zero-order valence-corrected chi connectivity index (χ0v) is 13.3. The van der Waals surface area contributed by atoms with Gasteiger partial charge in [-0.25, -0.2) is 4.39 Å². The maximum Gasteiger partial charge on any atom is 0.272 e. The van der Waals surface area contributed by atoms with Crippen molar-refractivity contribution in [1.82, 2.24) is 14.8 Å². The number of halogens is 2. The normalized spacial score (nSPS) is 10.6. The van der Waals surface area contributed by atoms with Crippen molar-refractivity contribution in [3.63, 3.8) is 0 Å². The summed E-state index contributed by atoms with van der Waals surface area (Å²) in [5, 5.41) is 6.58. The summed E-state index contributed by atoms with van der Waals surface area (Å²) in [5.74, 6) is -1.76.